The monoisotopic (exact) mass is 302 g/mol. The Kier molecular flexibility index (Phi) is 5.09. The van der Waals surface area contributed by atoms with Crippen LogP contribution in [0.15, 0.2) is 36.5 Å². The molecule has 0 aliphatic carbocycles. The van der Waals surface area contributed by atoms with Gasteiger partial charge in [-0.05, 0) is 37.6 Å². The number of ether oxygens (including phenoxy) is 1. The minimum Gasteiger partial charge on any atom is -0.494 e. The summed E-state index contributed by atoms with van der Waals surface area (Å²) < 4.78 is 19.0. The Morgan fingerprint density at radius 1 is 1.36 bits per heavy atom. The summed E-state index contributed by atoms with van der Waals surface area (Å²) in [6, 6.07) is 8.18. The van der Waals surface area contributed by atoms with E-state index in [1.54, 1.807) is 12.3 Å². The number of rotatable bonds is 5. The predicted octanol–water partition coefficient (Wildman–Crippen LogP) is 2.90. The molecule has 1 amide bonds. The maximum Gasteiger partial charge on any atom is 0.254 e. The van der Waals surface area contributed by atoms with Crippen LogP contribution in [0.25, 0.3) is 0 Å². The third kappa shape index (κ3) is 3.61. The summed E-state index contributed by atoms with van der Waals surface area (Å²) in [7, 11) is 1.37. The number of aryl methyl sites for hydroxylation is 1. The van der Waals surface area contributed by atoms with E-state index in [0.29, 0.717) is 6.42 Å². The van der Waals surface area contributed by atoms with Gasteiger partial charge >= 0.3 is 0 Å². The van der Waals surface area contributed by atoms with Crippen molar-refractivity contribution >= 4 is 5.91 Å². The van der Waals surface area contributed by atoms with Gasteiger partial charge in [0.25, 0.3) is 5.91 Å². The quantitative estimate of drug-likeness (QED) is 0.924. The Balaban J connectivity index is 2.07. The van der Waals surface area contributed by atoms with E-state index in [-0.39, 0.29) is 17.4 Å². The number of hydrogen-bond acceptors (Lipinski definition) is 3. The van der Waals surface area contributed by atoms with Crippen LogP contribution < -0.4 is 10.1 Å². The smallest absolute Gasteiger partial charge is 0.254 e. The Labute approximate surface area is 129 Å². The highest BCUT2D eigenvalue weighted by molar-refractivity contribution is 5.95. The molecule has 1 heterocycles. The predicted molar refractivity (Wildman–Crippen MR) is 82.6 cm³/mol. The van der Waals surface area contributed by atoms with E-state index in [9.17, 15) is 9.18 Å². The van der Waals surface area contributed by atoms with Crippen molar-refractivity contribution in [2.45, 2.75) is 26.3 Å². The molecule has 0 spiro atoms. The first kappa shape index (κ1) is 15.9. The van der Waals surface area contributed by atoms with Gasteiger partial charge in [-0.25, -0.2) is 4.39 Å². The minimum atomic E-state index is -0.649. The van der Waals surface area contributed by atoms with Crippen LogP contribution >= 0.6 is 0 Å². The minimum absolute atomic E-state index is 0.0241. The number of hydrogen-bond donors (Lipinski definition) is 1. The number of pyridine rings is 1. The second-order valence-corrected chi connectivity index (χ2v) is 5.17. The largest absolute Gasteiger partial charge is 0.494 e. The standard InChI is InChI=1S/C17H19FN2O2/c1-11-6-5-9-19-14(11)10-12(2)20-17(21)13-7-4-8-15(22-3)16(13)18/h4-9,12H,10H2,1-3H3,(H,20,21)/t12-/m1/s1. The number of nitrogens with zero attached hydrogens (tertiary/aromatic N) is 1. The molecule has 0 unspecified atom stereocenters. The van der Waals surface area contributed by atoms with Gasteiger partial charge in [0, 0.05) is 24.4 Å². The average molecular weight is 302 g/mol. The molecular weight excluding hydrogens is 283 g/mol. The zero-order valence-corrected chi connectivity index (χ0v) is 12.9. The van der Waals surface area contributed by atoms with Crippen LogP contribution in [-0.2, 0) is 6.42 Å². The molecule has 116 valence electrons. The SMILES string of the molecule is COc1cccc(C(=O)N[C@H](C)Cc2ncccc2C)c1F. The van der Waals surface area contributed by atoms with Crippen LogP contribution in [0, 0.1) is 12.7 Å². The molecule has 5 heteroatoms. The van der Waals surface area contributed by atoms with Crippen molar-refractivity contribution in [3.63, 3.8) is 0 Å². The number of aromatic nitrogens is 1. The van der Waals surface area contributed by atoms with E-state index in [4.69, 9.17) is 4.74 Å². The fourth-order valence-electron chi connectivity index (χ4n) is 2.22. The zero-order chi connectivity index (χ0) is 16.1. The van der Waals surface area contributed by atoms with Gasteiger partial charge in [-0.1, -0.05) is 12.1 Å². The van der Waals surface area contributed by atoms with Crippen LogP contribution in [0.2, 0.25) is 0 Å². The van der Waals surface area contributed by atoms with Gasteiger partial charge in [0.1, 0.15) is 0 Å². The Morgan fingerprint density at radius 2 is 2.14 bits per heavy atom. The fraction of sp³-hybridized carbons (Fsp3) is 0.294. The highest BCUT2D eigenvalue weighted by Gasteiger charge is 2.17. The molecule has 22 heavy (non-hydrogen) atoms. The topological polar surface area (TPSA) is 51.2 Å². The van der Waals surface area contributed by atoms with Crippen LogP contribution in [0.5, 0.6) is 5.75 Å². The molecule has 4 nitrogen and oxygen atoms in total. The summed E-state index contributed by atoms with van der Waals surface area (Å²) in [5, 5.41) is 2.79. The molecule has 1 atom stereocenters. The number of benzene rings is 1. The first-order chi connectivity index (χ1) is 10.5. The van der Waals surface area contributed by atoms with E-state index >= 15 is 0 Å². The second-order valence-electron chi connectivity index (χ2n) is 5.17. The van der Waals surface area contributed by atoms with Gasteiger partial charge in [-0.15, -0.1) is 0 Å². The Morgan fingerprint density at radius 3 is 2.82 bits per heavy atom. The van der Waals surface area contributed by atoms with Gasteiger partial charge in [-0.2, -0.15) is 0 Å². The number of carbonyl (C=O) groups excluding carboxylic acids is 1. The highest BCUT2D eigenvalue weighted by atomic mass is 19.1. The zero-order valence-electron chi connectivity index (χ0n) is 12.9. The van der Waals surface area contributed by atoms with Crippen LogP contribution in [0.4, 0.5) is 4.39 Å². The van der Waals surface area contributed by atoms with Gasteiger partial charge in [0.05, 0.1) is 12.7 Å². The van der Waals surface area contributed by atoms with Crippen LogP contribution in [0.1, 0.15) is 28.5 Å². The van der Waals surface area contributed by atoms with Crippen LogP contribution in [0.3, 0.4) is 0 Å². The Bertz CT molecular complexity index is 673. The maximum absolute atomic E-state index is 14.1. The summed E-state index contributed by atoms with van der Waals surface area (Å²) in [6.45, 7) is 3.84. The lowest BCUT2D eigenvalue weighted by atomic mass is 10.1. The van der Waals surface area contributed by atoms with Gasteiger partial charge in [0.2, 0.25) is 0 Å². The normalized spacial score (nSPS) is 11.8. The van der Waals surface area contributed by atoms with E-state index in [1.165, 1.54) is 19.2 Å². The molecule has 2 aromatic rings. The summed E-state index contributed by atoms with van der Waals surface area (Å²) in [5.41, 5.74) is 1.96. The van der Waals surface area contributed by atoms with Gasteiger partial charge in [0.15, 0.2) is 11.6 Å². The first-order valence-electron chi connectivity index (χ1n) is 7.06. The Hall–Kier alpha value is -2.43. The molecule has 0 saturated heterocycles. The summed E-state index contributed by atoms with van der Waals surface area (Å²) in [4.78, 5) is 16.5. The van der Waals surface area contributed by atoms with Crippen molar-refractivity contribution in [3.8, 4) is 5.75 Å². The van der Waals surface area contributed by atoms with Crippen molar-refractivity contribution < 1.29 is 13.9 Å². The maximum atomic E-state index is 14.1. The lowest BCUT2D eigenvalue weighted by Crippen LogP contribution is -2.35. The molecule has 1 aromatic heterocycles. The molecule has 0 aliphatic heterocycles. The second kappa shape index (κ2) is 7.02. The summed E-state index contributed by atoms with van der Waals surface area (Å²) in [5.74, 6) is -1.05. The molecule has 1 N–H and O–H groups in total. The summed E-state index contributed by atoms with van der Waals surface area (Å²) >= 11 is 0. The number of halogens is 1. The lowest BCUT2D eigenvalue weighted by Gasteiger charge is -2.15. The molecule has 0 bridgehead atoms. The summed E-state index contributed by atoms with van der Waals surface area (Å²) in [6.07, 6.45) is 2.31. The molecule has 0 saturated carbocycles. The average Bonchev–Trinajstić information content (AvgIpc) is 2.49. The molecule has 0 radical (unpaired) electrons. The number of carbonyl (C=O) groups is 1. The molecule has 0 fully saturated rings. The fourth-order valence-corrected chi connectivity index (χ4v) is 2.22. The van der Waals surface area contributed by atoms with Gasteiger partial charge in [-0.3, -0.25) is 9.78 Å². The lowest BCUT2D eigenvalue weighted by molar-refractivity contribution is 0.0935. The van der Waals surface area contributed by atoms with Crippen molar-refractivity contribution in [2.75, 3.05) is 7.11 Å². The van der Waals surface area contributed by atoms with Crippen molar-refractivity contribution in [2.24, 2.45) is 0 Å². The van der Waals surface area contributed by atoms with E-state index in [2.05, 4.69) is 10.3 Å². The molecule has 1 aromatic carbocycles. The van der Waals surface area contributed by atoms with E-state index in [0.717, 1.165) is 11.3 Å². The van der Waals surface area contributed by atoms with E-state index in [1.807, 2.05) is 26.0 Å². The van der Waals surface area contributed by atoms with Crippen molar-refractivity contribution in [1.82, 2.24) is 10.3 Å². The van der Waals surface area contributed by atoms with E-state index < -0.39 is 11.7 Å². The first-order valence-corrected chi connectivity index (χ1v) is 7.06. The molecular formula is C17H19FN2O2. The number of nitrogens with one attached hydrogen (secondary N) is 1. The molecule has 2 rings (SSSR count). The number of amides is 1. The highest BCUT2D eigenvalue weighted by Crippen LogP contribution is 2.20. The van der Waals surface area contributed by atoms with Crippen molar-refractivity contribution in [1.29, 1.82) is 0 Å². The van der Waals surface area contributed by atoms with Crippen LogP contribution in [-0.4, -0.2) is 24.0 Å². The van der Waals surface area contributed by atoms with Crippen molar-refractivity contribution in [3.05, 3.63) is 59.2 Å². The van der Waals surface area contributed by atoms with Gasteiger partial charge < -0.3 is 10.1 Å². The molecule has 0 aliphatic rings. The third-order valence-corrected chi connectivity index (χ3v) is 3.42. The third-order valence-electron chi connectivity index (χ3n) is 3.42. The number of methoxy groups -OCH3 is 1.